The van der Waals surface area contributed by atoms with Crippen molar-refractivity contribution in [2.24, 2.45) is 17.8 Å². The van der Waals surface area contributed by atoms with Crippen LogP contribution in [0.3, 0.4) is 0 Å². The number of rotatable bonds is 5. The fourth-order valence-electron chi connectivity index (χ4n) is 4.01. The largest absolute Gasteiger partial charge is 0.324 e. The molecule has 1 aliphatic carbocycles. The van der Waals surface area contributed by atoms with Crippen LogP contribution in [0.5, 0.6) is 0 Å². The molecular formula is C22H28N2O3. The van der Waals surface area contributed by atoms with Crippen LogP contribution in [0.2, 0.25) is 0 Å². The summed E-state index contributed by atoms with van der Waals surface area (Å²) in [7, 11) is 0. The van der Waals surface area contributed by atoms with E-state index in [0.717, 1.165) is 16.8 Å². The summed E-state index contributed by atoms with van der Waals surface area (Å²) >= 11 is 0. The third-order valence-electron chi connectivity index (χ3n) is 5.71. The number of hydrogen-bond donors (Lipinski definition) is 1. The molecule has 1 aliphatic heterocycles. The van der Waals surface area contributed by atoms with E-state index in [2.05, 4.69) is 5.32 Å². The van der Waals surface area contributed by atoms with E-state index >= 15 is 0 Å². The van der Waals surface area contributed by atoms with Gasteiger partial charge in [0.2, 0.25) is 17.7 Å². The number of fused-ring (bicyclic) bond motifs is 1. The quantitative estimate of drug-likeness (QED) is 0.638. The molecule has 3 rings (SSSR count). The first-order valence-electron chi connectivity index (χ1n) is 9.70. The summed E-state index contributed by atoms with van der Waals surface area (Å²) in [6.07, 6.45) is 5.55. The number of allylic oxidation sites excluding steroid dienone is 2. The number of benzene rings is 1. The van der Waals surface area contributed by atoms with Crippen molar-refractivity contribution >= 4 is 23.4 Å². The lowest BCUT2D eigenvalue weighted by Crippen LogP contribution is -2.48. The van der Waals surface area contributed by atoms with Crippen LogP contribution in [0.15, 0.2) is 30.4 Å². The second-order valence-corrected chi connectivity index (χ2v) is 8.08. The minimum absolute atomic E-state index is 0.181. The molecule has 3 atom stereocenters. The predicted octanol–water partition coefficient (Wildman–Crippen LogP) is 3.61. The highest BCUT2D eigenvalue weighted by Crippen LogP contribution is 2.37. The Morgan fingerprint density at radius 2 is 1.70 bits per heavy atom. The molecule has 1 saturated heterocycles. The van der Waals surface area contributed by atoms with Gasteiger partial charge < -0.3 is 5.32 Å². The molecule has 3 amide bonds. The van der Waals surface area contributed by atoms with Gasteiger partial charge in [-0.3, -0.25) is 19.3 Å². The summed E-state index contributed by atoms with van der Waals surface area (Å²) in [6, 6.07) is 4.96. The maximum Gasteiger partial charge on any atom is 0.247 e. The number of aryl methyl sites for hydroxylation is 1. The summed E-state index contributed by atoms with van der Waals surface area (Å²) in [6.45, 7) is 7.94. The number of anilines is 1. The lowest BCUT2D eigenvalue weighted by molar-refractivity contribution is -0.147. The number of likely N-dealkylation sites (tertiary alicyclic amines) is 1. The Balaban J connectivity index is 1.87. The van der Waals surface area contributed by atoms with E-state index in [1.807, 2.05) is 58.0 Å². The van der Waals surface area contributed by atoms with E-state index in [9.17, 15) is 14.4 Å². The van der Waals surface area contributed by atoms with Gasteiger partial charge >= 0.3 is 0 Å². The van der Waals surface area contributed by atoms with E-state index < -0.39 is 6.04 Å². The minimum Gasteiger partial charge on any atom is -0.324 e. The molecule has 1 aromatic rings. The second kappa shape index (κ2) is 7.67. The van der Waals surface area contributed by atoms with Crippen LogP contribution in [-0.4, -0.2) is 28.7 Å². The highest BCUT2D eigenvalue weighted by atomic mass is 16.2. The first-order chi connectivity index (χ1) is 12.8. The average molecular weight is 368 g/mol. The highest BCUT2D eigenvalue weighted by Gasteiger charge is 2.51. The van der Waals surface area contributed by atoms with Crippen LogP contribution in [0.4, 0.5) is 5.69 Å². The lowest BCUT2D eigenvalue weighted by atomic mass is 9.85. The highest BCUT2D eigenvalue weighted by molar-refractivity contribution is 6.10. The third-order valence-corrected chi connectivity index (χ3v) is 5.71. The lowest BCUT2D eigenvalue weighted by Gasteiger charge is -2.27. The van der Waals surface area contributed by atoms with Crippen molar-refractivity contribution in [2.45, 2.75) is 53.0 Å². The van der Waals surface area contributed by atoms with Gasteiger partial charge in [0, 0.05) is 5.69 Å². The van der Waals surface area contributed by atoms with E-state index in [1.54, 1.807) is 0 Å². The zero-order chi connectivity index (χ0) is 19.7. The van der Waals surface area contributed by atoms with Gasteiger partial charge in [0.15, 0.2) is 0 Å². The normalized spacial score (nSPS) is 22.9. The molecule has 1 N–H and O–H groups in total. The Hall–Kier alpha value is -2.43. The van der Waals surface area contributed by atoms with Crippen molar-refractivity contribution in [3.63, 3.8) is 0 Å². The smallest absolute Gasteiger partial charge is 0.247 e. The van der Waals surface area contributed by atoms with Gasteiger partial charge in [-0.2, -0.15) is 0 Å². The molecule has 27 heavy (non-hydrogen) atoms. The molecule has 0 radical (unpaired) electrons. The maximum atomic E-state index is 13.1. The molecule has 3 unspecified atom stereocenters. The summed E-state index contributed by atoms with van der Waals surface area (Å²) < 4.78 is 0. The predicted molar refractivity (Wildman–Crippen MR) is 105 cm³/mol. The first-order valence-corrected chi connectivity index (χ1v) is 9.70. The monoisotopic (exact) mass is 368 g/mol. The molecule has 5 nitrogen and oxygen atoms in total. The Kier molecular flexibility index (Phi) is 5.49. The van der Waals surface area contributed by atoms with Crippen LogP contribution in [0, 0.1) is 31.6 Å². The number of carbonyl (C=O) groups is 3. The van der Waals surface area contributed by atoms with Crippen LogP contribution in [0.1, 0.15) is 44.2 Å². The summed E-state index contributed by atoms with van der Waals surface area (Å²) in [5.74, 6) is -1.13. The number of nitrogens with one attached hydrogen (secondary N) is 1. The van der Waals surface area contributed by atoms with Crippen LogP contribution < -0.4 is 5.32 Å². The van der Waals surface area contributed by atoms with Gasteiger partial charge in [0.25, 0.3) is 0 Å². The van der Waals surface area contributed by atoms with E-state index in [1.165, 1.54) is 4.90 Å². The molecule has 144 valence electrons. The first kappa shape index (κ1) is 19.3. The number of nitrogens with zero attached hydrogens (tertiary/aromatic N) is 1. The van der Waals surface area contributed by atoms with Crippen molar-refractivity contribution in [3.8, 4) is 0 Å². The minimum atomic E-state index is -0.768. The standard InChI is InChI=1S/C22H28N2O3/c1-13(2)12-19(20(25)23-18-11-7-8-14(3)15(18)4)24-21(26)16-9-5-6-10-17(16)22(24)27/h5-8,11,13,16-17,19H,9-10,12H2,1-4H3,(H,23,25). The molecule has 2 aliphatic rings. The van der Waals surface area contributed by atoms with E-state index in [4.69, 9.17) is 0 Å². The molecule has 1 aromatic carbocycles. The van der Waals surface area contributed by atoms with Gasteiger partial charge in [0.1, 0.15) is 6.04 Å². The molecule has 0 saturated carbocycles. The molecular weight excluding hydrogens is 340 g/mol. The molecule has 0 aromatic heterocycles. The number of imide groups is 1. The van der Waals surface area contributed by atoms with E-state index in [0.29, 0.717) is 19.3 Å². The maximum absolute atomic E-state index is 13.1. The number of hydrogen-bond acceptors (Lipinski definition) is 3. The molecule has 1 heterocycles. The third kappa shape index (κ3) is 3.68. The van der Waals surface area contributed by atoms with Gasteiger partial charge in [-0.25, -0.2) is 0 Å². The van der Waals surface area contributed by atoms with Gasteiger partial charge in [-0.05, 0) is 56.2 Å². The van der Waals surface area contributed by atoms with Crippen molar-refractivity contribution in [1.29, 1.82) is 0 Å². The molecule has 1 fully saturated rings. The Morgan fingerprint density at radius 3 is 2.26 bits per heavy atom. The average Bonchev–Trinajstić information content (AvgIpc) is 2.88. The van der Waals surface area contributed by atoms with Crippen molar-refractivity contribution in [2.75, 3.05) is 5.32 Å². The molecule has 0 bridgehead atoms. The van der Waals surface area contributed by atoms with Crippen molar-refractivity contribution < 1.29 is 14.4 Å². The number of amides is 3. The SMILES string of the molecule is Cc1cccc(NC(=O)C(CC(C)C)N2C(=O)C3CC=CCC3C2=O)c1C. The van der Waals surface area contributed by atoms with Crippen LogP contribution >= 0.6 is 0 Å². The zero-order valence-corrected chi connectivity index (χ0v) is 16.5. The van der Waals surface area contributed by atoms with Gasteiger partial charge in [-0.1, -0.05) is 38.1 Å². The summed E-state index contributed by atoms with van der Waals surface area (Å²) in [4.78, 5) is 40.3. The van der Waals surface area contributed by atoms with E-state index in [-0.39, 0.29) is 35.5 Å². The fraction of sp³-hybridized carbons (Fsp3) is 0.500. The van der Waals surface area contributed by atoms with Crippen LogP contribution in [-0.2, 0) is 14.4 Å². The zero-order valence-electron chi connectivity index (χ0n) is 16.5. The second-order valence-electron chi connectivity index (χ2n) is 8.08. The Labute approximate surface area is 160 Å². The Bertz CT molecular complexity index is 771. The Morgan fingerprint density at radius 1 is 1.11 bits per heavy atom. The topological polar surface area (TPSA) is 66.5 Å². The van der Waals surface area contributed by atoms with Gasteiger partial charge in [0.05, 0.1) is 11.8 Å². The van der Waals surface area contributed by atoms with Crippen LogP contribution in [0.25, 0.3) is 0 Å². The summed E-state index contributed by atoms with van der Waals surface area (Å²) in [5, 5.41) is 2.96. The fourth-order valence-corrected chi connectivity index (χ4v) is 4.01. The molecule has 0 spiro atoms. The number of carbonyl (C=O) groups excluding carboxylic acids is 3. The molecule has 5 heteroatoms. The van der Waals surface area contributed by atoms with Gasteiger partial charge in [-0.15, -0.1) is 0 Å². The van der Waals surface area contributed by atoms with Crippen molar-refractivity contribution in [1.82, 2.24) is 4.90 Å². The summed E-state index contributed by atoms with van der Waals surface area (Å²) in [5.41, 5.74) is 2.80. The van der Waals surface area contributed by atoms with Crippen molar-refractivity contribution in [3.05, 3.63) is 41.5 Å².